The van der Waals surface area contributed by atoms with E-state index < -0.39 is 0 Å². The normalized spacial score (nSPS) is 13.5. The first-order valence-corrected chi connectivity index (χ1v) is 8.21. The zero-order valence-electron chi connectivity index (χ0n) is 12.9. The Kier molecular flexibility index (Phi) is 4.12. The second-order valence-corrected chi connectivity index (χ2v) is 6.40. The van der Waals surface area contributed by atoms with E-state index in [2.05, 4.69) is 13.0 Å². The molecule has 0 aliphatic carbocycles. The molecular formula is C18H18O3S. The van der Waals surface area contributed by atoms with Crippen LogP contribution in [0.2, 0.25) is 0 Å². The van der Waals surface area contributed by atoms with Gasteiger partial charge in [0, 0.05) is 17.4 Å². The van der Waals surface area contributed by atoms with Gasteiger partial charge in [-0.15, -0.1) is 0 Å². The van der Waals surface area contributed by atoms with Crippen LogP contribution >= 0.6 is 11.8 Å². The van der Waals surface area contributed by atoms with E-state index in [4.69, 9.17) is 9.15 Å². The summed E-state index contributed by atoms with van der Waals surface area (Å²) in [5, 5.41) is 0.701. The molecule has 1 aliphatic heterocycles. The first-order chi connectivity index (χ1) is 10.6. The van der Waals surface area contributed by atoms with Crippen molar-refractivity contribution in [3.05, 3.63) is 63.0 Å². The average Bonchev–Trinajstić information content (AvgIpc) is 2.48. The molecule has 3 nitrogen and oxygen atoms in total. The summed E-state index contributed by atoms with van der Waals surface area (Å²) in [6.07, 6.45) is 2.05. The third-order valence-corrected chi connectivity index (χ3v) is 4.72. The highest BCUT2D eigenvalue weighted by molar-refractivity contribution is 7.99. The van der Waals surface area contributed by atoms with Gasteiger partial charge in [-0.25, -0.2) is 0 Å². The van der Waals surface area contributed by atoms with Crippen LogP contribution in [0.1, 0.15) is 22.5 Å². The zero-order valence-corrected chi connectivity index (χ0v) is 13.8. The van der Waals surface area contributed by atoms with E-state index in [9.17, 15) is 4.79 Å². The van der Waals surface area contributed by atoms with Crippen LogP contribution in [0.5, 0.6) is 5.75 Å². The van der Waals surface area contributed by atoms with Crippen LogP contribution in [-0.4, -0.2) is 12.4 Å². The Morgan fingerprint density at radius 2 is 2.09 bits per heavy atom. The zero-order chi connectivity index (χ0) is 15.7. The second kappa shape index (κ2) is 6.05. The molecule has 4 heteroatoms. The lowest BCUT2D eigenvalue weighted by atomic mass is 10.1. The summed E-state index contributed by atoms with van der Waals surface area (Å²) < 4.78 is 11.6. The Morgan fingerprint density at radius 1 is 1.27 bits per heavy atom. The molecule has 22 heavy (non-hydrogen) atoms. The SMILES string of the molecule is Cc1cc(=O)c2c(o1)SCC=C2COc1cccc(C)c1C. The predicted octanol–water partition coefficient (Wildman–Crippen LogP) is 4.13. The van der Waals surface area contributed by atoms with Crippen molar-refractivity contribution >= 4 is 17.3 Å². The molecule has 0 saturated carbocycles. The summed E-state index contributed by atoms with van der Waals surface area (Å²) in [6.45, 7) is 6.28. The number of hydrogen-bond donors (Lipinski definition) is 0. The first-order valence-electron chi connectivity index (χ1n) is 7.22. The Bertz CT molecular complexity index is 802. The molecule has 114 valence electrons. The Morgan fingerprint density at radius 3 is 2.91 bits per heavy atom. The highest BCUT2D eigenvalue weighted by atomic mass is 32.2. The summed E-state index contributed by atoms with van der Waals surface area (Å²) in [6, 6.07) is 7.54. The van der Waals surface area contributed by atoms with Gasteiger partial charge >= 0.3 is 0 Å². The van der Waals surface area contributed by atoms with Crippen molar-refractivity contribution in [3.8, 4) is 5.75 Å². The Hall–Kier alpha value is -1.94. The minimum atomic E-state index is 0.00163. The maximum atomic E-state index is 12.3. The summed E-state index contributed by atoms with van der Waals surface area (Å²) in [4.78, 5) is 12.3. The van der Waals surface area contributed by atoms with Crippen LogP contribution in [0.4, 0.5) is 0 Å². The van der Waals surface area contributed by atoms with Gasteiger partial charge in [-0.1, -0.05) is 30.0 Å². The molecule has 3 rings (SSSR count). The molecule has 2 aromatic rings. The molecular weight excluding hydrogens is 296 g/mol. The topological polar surface area (TPSA) is 39.4 Å². The lowest BCUT2D eigenvalue weighted by Gasteiger charge is -2.17. The molecule has 2 heterocycles. The molecule has 0 spiro atoms. The predicted molar refractivity (Wildman–Crippen MR) is 89.8 cm³/mol. The number of thioether (sulfide) groups is 1. The molecule has 0 N–H and O–H groups in total. The van der Waals surface area contributed by atoms with Crippen LogP contribution in [0.25, 0.3) is 5.57 Å². The van der Waals surface area contributed by atoms with Gasteiger partial charge in [0.05, 0.1) is 5.56 Å². The Balaban J connectivity index is 1.87. The standard InChI is InChI=1S/C18H18O3S/c1-11-5-4-6-16(13(11)3)20-10-14-7-8-22-18-17(14)15(19)9-12(2)21-18/h4-7,9H,8,10H2,1-3H3. The number of benzene rings is 1. The molecule has 0 amide bonds. The maximum Gasteiger partial charge on any atom is 0.193 e. The van der Waals surface area contributed by atoms with Crippen LogP contribution in [0, 0.1) is 20.8 Å². The highest BCUT2D eigenvalue weighted by Crippen LogP contribution is 2.32. The fourth-order valence-electron chi connectivity index (χ4n) is 2.46. The summed E-state index contributed by atoms with van der Waals surface area (Å²) in [7, 11) is 0. The third kappa shape index (κ3) is 2.83. The van der Waals surface area contributed by atoms with E-state index in [0.29, 0.717) is 23.0 Å². The third-order valence-electron chi connectivity index (χ3n) is 3.84. The average molecular weight is 314 g/mol. The van der Waals surface area contributed by atoms with Crippen LogP contribution < -0.4 is 10.2 Å². The first kappa shape index (κ1) is 15.0. The van der Waals surface area contributed by atoms with Crippen molar-refractivity contribution in [1.82, 2.24) is 0 Å². The Labute approximate surface area is 134 Å². The second-order valence-electron chi connectivity index (χ2n) is 5.41. The van der Waals surface area contributed by atoms with Gasteiger partial charge in [-0.05, 0) is 38.0 Å². The molecule has 0 atom stereocenters. The lowest BCUT2D eigenvalue weighted by molar-refractivity contribution is 0.363. The van der Waals surface area contributed by atoms with Crippen LogP contribution in [0.15, 0.2) is 44.6 Å². The van der Waals surface area contributed by atoms with E-state index in [0.717, 1.165) is 22.6 Å². The van der Waals surface area contributed by atoms with E-state index in [-0.39, 0.29) is 5.43 Å². The van der Waals surface area contributed by atoms with E-state index >= 15 is 0 Å². The van der Waals surface area contributed by atoms with Crippen LogP contribution in [0.3, 0.4) is 0 Å². The van der Waals surface area contributed by atoms with Gasteiger partial charge in [-0.3, -0.25) is 4.79 Å². The number of hydrogen-bond acceptors (Lipinski definition) is 4. The smallest absolute Gasteiger partial charge is 0.193 e. The molecule has 1 aromatic carbocycles. The summed E-state index contributed by atoms with van der Waals surface area (Å²) in [5.41, 5.74) is 3.88. The molecule has 1 aliphatic rings. The minimum Gasteiger partial charge on any atom is -0.489 e. The molecule has 0 saturated heterocycles. The van der Waals surface area contributed by atoms with Gasteiger partial charge in [0.15, 0.2) is 10.5 Å². The summed E-state index contributed by atoms with van der Waals surface area (Å²) >= 11 is 1.55. The van der Waals surface area contributed by atoms with Crippen molar-refractivity contribution in [1.29, 1.82) is 0 Å². The molecule has 0 bridgehead atoms. The molecule has 0 unspecified atom stereocenters. The van der Waals surface area contributed by atoms with Gasteiger partial charge in [0.2, 0.25) is 0 Å². The van der Waals surface area contributed by atoms with Gasteiger partial charge in [0.25, 0.3) is 0 Å². The number of rotatable bonds is 3. The van der Waals surface area contributed by atoms with Crippen molar-refractivity contribution in [2.45, 2.75) is 25.9 Å². The molecule has 0 radical (unpaired) electrons. The quantitative estimate of drug-likeness (QED) is 0.854. The van der Waals surface area contributed by atoms with Gasteiger partial charge in [-0.2, -0.15) is 0 Å². The molecule has 1 aromatic heterocycles. The summed E-state index contributed by atoms with van der Waals surface area (Å²) in [5.74, 6) is 2.30. The van der Waals surface area contributed by atoms with E-state index in [1.165, 1.54) is 11.6 Å². The minimum absolute atomic E-state index is 0.00163. The monoisotopic (exact) mass is 314 g/mol. The largest absolute Gasteiger partial charge is 0.489 e. The fourth-order valence-corrected chi connectivity index (χ4v) is 3.46. The van der Waals surface area contributed by atoms with E-state index in [1.54, 1.807) is 18.7 Å². The maximum absolute atomic E-state index is 12.3. The van der Waals surface area contributed by atoms with Crippen molar-refractivity contribution in [2.24, 2.45) is 0 Å². The highest BCUT2D eigenvalue weighted by Gasteiger charge is 2.20. The van der Waals surface area contributed by atoms with E-state index in [1.807, 2.05) is 25.1 Å². The number of fused-ring (bicyclic) bond motifs is 1. The van der Waals surface area contributed by atoms with Gasteiger partial charge < -0.3 is 9.15 Å². The van der Waals surface area contributed by atoms with Crippen molar-refractivity contribution in [3.63, 3.8) is 0 Å². The van der Waals surface area contributed by atoms with Crippen molar-refractivity contribution < 1.29 is 9.15 Å². The lowest BCUT2D eigenvalue weighted by Crippen LogP contribution is -2.15. The van der Waals surface area contributed by atoms with Gasteiger partial charge in [0.1, 0.15) is 18.1 Å². The van der Waals surface area contributed by atoms with Crippen molar-refractivity contribution in [2.75, 3.05) is 12.4 Å². The molecule has 0 fully saturated rings. The van der Waals surface area contributed by atoms with Crippen LogP contribution in [-0.2, 0) is 0 Å². The number of aryl methyl sites for hydroxylation is 2. The fraction of sp³-hybridized carbons (Fsp3) is 0.278. The number of ether oxygens (including phenoxy) is 1.